The number of imidazole rings is 1. The normalized spacial score (nSPS) is 10.9. The molecule has 0 saturated heterocycles. The van der Waals surface area contributed by atoms with E-state index in [-0.39, 0.29) is 18.5 Å². The number of nitrogens with two attached hydrogens (primary N) is 1. The van der Waals surface area contributed by atoms with E-state index in [0.29, 0.717) is 11.9 Å². The maximum Gasteiger partial charge on any atom is 0.251 e. The molecule has 1 heterocycles. The molecule has 3 N–H and O–H groups in total. The Morgan fingerprint density at radius 2 is 1.68 bits per heavy atom. The molecule has 0 aliphatic heterocycles. The highest BCUT2D eigenvalue weighted by atomic mass is 19.1. The van der Waals surface area contributed by atoms with Crippen molar-refractivity contribution in [2.24, 2.45) is 5.73 Å². The number of rotatable bonds is 6. The monoisotopic (exact) mass is 420 g/mol. The van der Waals surface area contributed by atoms with Crippen LogP contribution in [-0.4, -0.2) is 21.4 Å². The third-order valence-corrected chi connectivity index (χ3v) is 4.82. The van der Waals surface area contributed by atoms with Crippen molar-refractivity contribution in [3.63, 3.8) is 0 Å². The smallest absolute Gasteiger partial charge is 0.251 e. The number of benzene rings is 3. The van der Waals surface area contributed by atoms with Gasteiger partial charge in [0.25, 0.3) is 5.91 Å². The summed E-state index contributed by atoms with van der Waals surface area (Å²) in [7, 11) is 0. The fourth-order valence-electron chi connectivity index (χ4n) is 3.38. The average molecular weight is 420 g/mol. The number of nitrogens with one attached hydrogen (secondary N) is 1. The van der Waals surface area contributed by atoms with Crippen LogP contribution in [0.3, 0.4) is 0 Å². The van der Waals surface area contributed by atoms with E-state index in [1.54, 1.807) is 0 Å². The highest BCUT2D eigenvalue weighted by Gasteiger charge is 2.17. The first kappa shape index (κ1) is 20.2. The van der Waals surface area contributed by atoms with Gasteiger partial charge in [0.15, 0.2) is 0 Å². The molecule has 156 valence electrons. The number of carbonyl (C=O) groups is 2. The molecule has 0 bridgehead atoms. The number of hydrogen-bond donors (Lipinski definition) is 2. The van der Waals surface area contributed by atoms with E-state index in [1.807, 2.05) is 59.2 Å². The third-order valence-electron chi connectivity index (χ3n) is 4.82. The summed E-state index contributed by atoms with van der Waals surface area (Å²) in [5.74, 6) is -2.97. The molecule has 0 atom stereocenters. The first-order valence-electron chi connectivity index (χ1n) is 9.54. The van der Waals surface area contributed by atoms with E-state index in [4.69, 9.17) is 5.73 Å². The van der Waals surface area contributed by atoms with Gasteiger partial charge in [-0.3, -0.25) is 14.2 Å². The lowest BCUT2D eigenvalue weighted by molar-refractivity contribution is -0.116. The summed E-state index contributed by atoms with van der Waals surface area (Å²) >= 11 is 0. The first-order valence-corrected chi connectivity index (χ1v) is 9.54. The number of para-hydroxylation sites is 3. The summed E-state index contributed by atoms with van der Waals surface area (Å²) in [5, 5.41) is 2.37. The van der Waals surface area contributed by atoms with Crippen LogP contribution in [0.1, 0.15) is 22.6 Å². The molecule has 0 aliphatic carbocycles. The Morgan fingerprint density at radius 1 is 0.968 bits per heavy atom. The zero-order valence-corrected chi connectivity index (χ0v) is 16.3. The molecule has 6 nitrogen and oxygen atoms in total. The molecule has 1 aromatic heterocycles. The number of aryl methyl sites for hydroxylation is 1. The van der Waals surface area contributed by atoms with E-state index < -0.39 is 29.0 Å². The maximum atomic E-state index is 14.0. The van der Waals surface area contributed by atoms with Gasteiger partial charge >= 0.3 is 0 Å². The second-order valence-corrected chi connectivity index (χ2v) is 6.91. The van der Waals surface area contributed by atoms with Crippen molar-refractivity contribution in [1.82, 2.24) is 9.55 Å². The summed E-state index contributed by atoms with van der Waals surface area (Å²) in [6.07, 6.45) is 0.278. The fourth-order valence-corrected chi connectivity index (χ4v) is 3.38. The Kier molecular flexibility index (Phi) is 5.44. The first-order chi connectivity index (χ1) is 14.9. The van der Waals surface area contributed by atoms with Crippen molar-refractivity contribution in [2.75, 3.05) is 5.32 Å². The molecule has 0 radical (unpaired) electrons. The van der Waals surface area contributed by atoms with Crippen LogP contribution in [0.25, 0.3) is 16.7 Å². The molecule has 31 heavy (non-hydrogen) atoms. The fraction of sp³-hybridized carbons (Fsp3) is 0.0870. The van der Waals surface area contributed by atoms with Gasteiger partial charge in [-0.2, -0.15) is 0 Å². The Balaban J connectivity index is 1.57. The van der Waals surface area contributed by atoms with Crippen molar-refractivity contribution in [3.05, 3.63) is 89.8 Å². The molecule has 0 fully saturated rings. The molecule has 2 amide bonds. The minimum atomic E-state index is -1.08. The number of carbonyl (C=O) groups excluding carboxylic acids is 2. The Bertz CT molecular complexity index is 1290. The van der Waals surface area contributed by atoms with Gasteiger partial charge in [0.2, 0.25) is 5.91 Å². The number of aromatic nitrogens is 2. The molecule has 8 heteroatoms. The predicted octanol–water partition coefficient (Wildman–Crippen LogP) is 3.97. The Hall–Kier alpha value is -4.07. The van der Waals surface area contributed by atoms with E-state index in [0.717, 1.165) is 22.8 Å². The van der Waals surface area contributed by atoms with Gasteiger partial charge in [0.05, 0.1) is 22.3 Å². The number of anilines is 1. The molecule has 0 spiro atoms. The highest BCUT2D eigenvalue weighted by Crippen LogP contribution is 2.23. The van der Waals surface area contributed by atoms with E-state index >= 15 is 0 Å². The van der Waals surface area contributed by atoms with Crippen LogP contribution in [0.4, 0.5) is 14.5 Å². The largest absolute Gasteiger partial charge is 0.366 e. The molecule has 3 aromatic carbocycles. The second kappa shape index (κ2) is 8.35. The molecule has 0 saturated carbocycles. The summed E-state index contributed by atoms with van der Waals surface area (Å²) in [5.41, 5.74) is 6.87. The summed E-state index contributed by atoms with van der Waals surface area (Å²) in [6, 6.07) is 18.6. The number of amides is 2. The van der Waals surface area contributed by atoms with Crippen LogP contribution in [0.15, 0.2) is 66.7 Å². The lowest BCUT2D eigenvalue weighted by Gasteiger charge is -2.10. The minimum absolute atomic E-state index is 0.00111. The molecule has 4 aromatic rings. The standard InChI is InChI=1S/C23H18F2N4O2/c24-16-13-17(25)19(12-15(16)23(26)31)28-22(30)11-10-21-27-18-8-4-5-9-20(18)29(21)14-6-2-1-3-7-14/h1-9,12-13H,10-11H2,(H2,26,31)(H,28,30). The van der Waals surface area contributed by atoms with Crippen LogP contribution in [-0.2, 0) is 11.2 Å². The number of hydrogen-bond acceptors (Lipinski definition) is 3. The van der Waals surface area contributed by atoms with E-state index in [9.17, 15) is 18.4 Å². The zero-order valence-electron chi connectivity index (χ0n) is 16.3. The van der Waals surface area contributed by atoms with Crippen molar-refractivity contribution in [2.45, 2.75) is 12.8 Å². The molecule has 0 aliphatic rings. The van der Waals surface area contributed by atoms with Crippen LogP contribution in [0.5, 0.6) is 0 Å². The number of halogens is 2. The quantitative estimate of drug-likeness (QED) is 0.495. The topological polar surface area (TPSA) is 90.0 Å². The average Bonchev–Trinajstić information content (AvgIpc) is 3.13. The summed E-state index contributed by atoms with van der Waals surface area (Å²) in [6.45, 7) is 0. The van der Waals surface area contributed by atoms with E-state index in [2.05, 4.69) is 10.3 Å². The van der Waals surface area contributed by atoms with Crippen LogP contribution < -0.4 is 11.1 Å². The van der Waals surface area contributed by atoms with Crippen LogP contribution in [0.2, 0.25) is 0 Å². The molecule has 0 unspecified atom stereocenters. The number of nitrogens with zero attached hydrogens (tertiary/aromatic N) is 2. The van der Waals surface area contributed by atoms with Gasteiger partial charge in [0, 0.05) is 24.6 Å². The maximum absolute atomic E-state index is 14.0. The van der Waals surface area contributed by atoms with Crippen molar-refractivity contribution >= 4 is 28.5 Å². The predicted molar refractivity (Wildman–Crippen MR) is 113 cm³/mol. The SMILES string of the molecule is NC(=O)c1cc(NC(=O)CCc2nc3ccccc3n2-c2ccccc2)c(F)cc1F. The molecular formula is C23H18F2N4O2. The number of primary amides is 1. The molecular weight excluding hydrogens is 402 g/mol. The lowest BCUT2D eigenvalue weighted by Crippen LogP contribution is -2.18. The van der Waals surface area contributed by atoms with E-state index in [1.165, 1.54) is 0 Å². The lowest BCUT2D eigenvalue weighted by atomic mass is 10.1. The van der Waals surface area contributed by atoms with Crippen LogP contribution >= 0.6 is 0 Å². The zero-order chi connectivity index (χ0) is 22.0. The van der Waals surface area contributed by atoms with Gasteiger partial charge in [-0.1, -0.05) is 30.3 Å². The summed E-state index contributed by atoms with van der Waals surface area (Å²) in [4.78, 5) is 28.4. The van der Waals surface area contributed by atoms with Crippen molar-refractivity contribution in [1.29, 1.82) is 0 Å². The van der Waals surface area contributed by atoms with Gasteiger partial charge in [-0.15, -0.1) is 0 Å². The van der Waals surface area contributed by atoms with Gasteiger partial charge < -0.3 is 11.1 Å². The van der Waals surface area contributed by atoms with Gasteiger partial charge in [-0.05, 0) is 30.3 Å². The minimum Gasteiger partial charge on any atom is -0.366 e. The van der Waals surface area contributed by atoms with Crippen molar-refractivity contribution < 1.29 is 18.4 Å². The van der Waals surface area contributed by atoms with Gasteiger partial charge in [-0.25, -0.2) is 13.8 Å². The Morgan fingerprint density at radius 3 is 2.42 bits per heavy atom. The molecule has 4 rings (SSSR count). The van der Waals surface area contributed by atoms with Gasteiger partial charge in [0.1, 0.15) is 17.5 Å². The number of fused-ring (bicyclic) bond motifs is 1. The Labute approximate surface area is 176 Å². The second-order valence-electron chi connectivity index (χ2n) is 6.91. The van der Waals surface area contributed by atoms with Crippen molar-refractivity contribution in [3.8, 4) is 5.69 Å². The van der Waals surface area contributed by atoms with Crippen LogP contribution in [0, 0.1) is 11.6 Å². The highest BCUT2D eigenvalue weighted by molar-refractivity contribution is 5.96. The third kappa shape index (κ3) is 4.13. The summed E-state index contributed by atoms with van der Waals surface area (Å²) < 4.78 is 29.6.